The zero-order valence-corrected chi connectivity index (χ0v) is 53.5. The summed E-state index contributed by atoms with van der Waals surface area (Å²) in [6.07, 6.45) is 97.5. The average molecular weight is 1140 g/mol. The Kier molecular flexibility index (Phi) is 65.3. The Labute approximate surface area is 506 Å². The van der Waals surface area contributed by atoms with Crippen LogP contribution in [0.2, 0.25) is 0 Å². The Bertz CT molecular complexity index is 1730. The van der Waals surface area contributed by atoms with E-state index in [4.69, 9.17) is 14.2 Å². The fraction of sp³-hybridized carbons (Fsp3) is 0.671. The maximum Gasteiger partial charge on any atom is 0.306 e. The first-order valence-corrected chi connectivity index (χ1v) is 34.2. The van der Waals surface area contributed by atoms with Crippen LogP contribution in [0.3, 0.4) is 0 Å². The molecule has 0 aliphatic carbocycles. The van der Waals surface area contributed by atoms with Crippen LogP contribution in [0.5, 0.6) is 0 Å². The van der Waals surface area contributed by atoms with Crippen molar-refractivity contribution in [3.63, 3.8) is 0 Å². The molecule has 0 aliphatic heterocycles. The highest BCUT2D eigenvalue weighted by molar-refractivity contribution is 5.71. The molecule has 0 rings (SSSR count). The van der Waals surface area contributed by atoms with Gasteiger partial charge < -0.3 is 14.2 Å². The SMILES string of the molecule is CC/C=C\C/C=C\C/C=C\C/C=C\C/C=C\C/C=C\C/C=C\CCCCCCCCCCCC(=O)OCC(COC(=O)CCCCCCC/C=C\CCCCC)OC(=O)CCCCCCCC/C=C\C/C=C\C/C=C\CCCCCCC. The third-order valence-electron chi connectivity index (χ3n) is 14.4. The van der Waals surface area contributed by atoms with Gasteiger partial charge in [0.25, 0.3) is 0 Å². The van der Waals surface area contributed by atoms with Gasteiger partial charge in [0.1, 0.15) is 13.2 Å². The topological polar surface area (TPSA) is 78.9 Å². The van der Waals surface area contributed by atoms with Crippen LogP contribution in [0.15, 0.2) is 134 Å². The summed E-state index contributed by atoms with van der Waals surface area (Å²) in [6, 6.07) is 0. The maximum atomic E-state index is 12.9. The molecule has 0 fully saturated rings. The number of allylic oxidation sites excluding steroid dienone is 22. The van der Waals surface area contributed by atoms with Gasteiger partial charge in [0, 0.05) is 19.3 Å². The smallest absolute Gasteiger partial charge is 0.306 e. The molecule has 0 N–H and O–H groups in total. The lowest BCUT2D eigenvalue weighted by atomic mass is 10.1. The third-order valence-corrected chi connectivity index (χ3v) is 14.4. The number of unbranched alkanes of at least 4 members (excludes halogenated alkanes) is 28. The lowest BCUT2D eigenvalue weighted by Gasteiger charge is -2.18. The van der Waals surface area contributed by atoms with E-state index >= 15 is 0 Å². The Balaban J connectivity index is 4.32. The summed E-state index contributed by atoms with van der Waals surface area (Å²) in [5, 5.41) is 0. The molecule has 0 aliphatic rings. The summed E-state index contributed by atoms with van der Waals surface area (Å²) < 4.78 is 16.9. The molecule has 0 saturated heterocycles. The maximum absolute atomic E-state index is 12.9. The fourth-order valence-electron chi connectivity index (χ4n) is 9.25. The highest BCUT2D eigenvalue weighted by atomic mass is 16.6. The molecular weight excluding hydrogens is 1010 g/mol. The molecule has 0 amide bonds. The van der Waals surface area contributed by atoms with Gasteiger partial charge in [0.2, 0.25) is 0 Å². The fourth-order valence-corrected chi connectivity index (χ4v) is 9.25. The zero-order chi connectivity index (χ0) is 59.2. The molecule has 0 bridgehead atoms. The van der Waals surface area contributed by atoms with E-state index in [2.05, 4.69) is 154 Å². The second kappa shape index (κ2) is 69.0. The first-order chi connectivity index (χ1) is 40.5. The van der Waals surface area contributed by atoms with Crippen LogP contribution in [0.1, 0.15) is 310 Å². The molecule has 1 atom stereocenters. The standard InChI is InChI=1S/C76H126O6/c1-4-7-10-13-16-19-22-25-27-29-31-33-34-35-36-37-38-39-40-41-42-44-45-47-49-51-54-57-60-63-66-69-75(78)81-72-73(71-80-74(77)68-65-62-59-56-53-24-21-18-15-12-9-6-3)82-76(79)70-67-64-61-58-55-52-50-48-46-43-32-30-28-26-23-20-17-14-11-8-5-2/h7,10,16,18-19,21,23,25-27,30-33,35-36,38-39,41-42,46,48,73H,4-6,8-9,11-15,17,20,22,24,28-29,34,37,40,43-45,47,49-72H2,1-3H3/b10-7-,19-16-,21-18-,26-23-,27-25-,32-30-,33-31-,36-35-,39-38-,42-41-,48-46-. The van der Waals surface area contributed by atoms with E-state index in [0.717, 1.165) is 141 Å². The molecule has 0 heterocycles. The number of esters is 3. The molecule has 0 spiro atoms. The number of rotatable bonds is 61. The van der Waals surface area contributed by atoms with Crippen LogP contribution < -0.4 is 0 Å². The second-order valence-corrected chi connectivity index (χ2v) is 22.3. The summed E-state index contributed by atoms with van der Waals surface area (Å²) >= 11 is 0. The van der Waals surface area contributed by atoms with Gasteiger partial charge in [0.05, 0.1) is 0 Å². The van der Waals surface area contributed by atoms with Gasteiger partial charge in [-0.1, -0.05) is 283 Å². The van der Waals surface area contributed by atoms with Crippen molar-refractivity contribution in [2.24, 2.45) is 0 Å². The van der Waals surface area contributed by atoms with Crippen molar-refractivity contribution in [1.29, 1.82) is 0 Å². The number of carbonyl (C=O) groups excluding carboxylic acids is 3. The molecular formula is C76H126O6. The van der Waals surface area contributed by atoms with Crippen LogP contribution >= 0.6 is 0 Å². The number of hydrogen-bond acceptors (Lipinski definition) is 6. The normalized spacial score (nSPS) is 13.0. The van der Waals surface area contributed by atoms with Crippen LogP contribution in [-0.2, 0) is 28.6 Å². The lowest BCUT2D eigenvalue weighted by molar-refractivity contribution is -0.167. The van der Waals surface area contributed by atoms with E-state index in [1.807, 2.05) is 0 Å². The molecule has 0 aromatic rings. The van der Waals surface area contributed by atoms with Crippen molar-refractivity contribution < 1.29 is 28.6 Å². The molecule has 6 heteroatoms. The molecule has 0 saturated carbocycles. The summed E-state index contributed by atoms with van der Waals surface area (Å²) in [4.78, 5) is 38.4. The van der Waals surface area contributed by atoms with Gasteiger partial charge in [-0.25, -0.2) is 0 Å². The highest BCUT2D eigenvalue weighted by Crippen LogP contribution is 2.15. The summed E-state index contributed by atoms with van der Waals surface area (Å²) in [5.41, 5.74) is 0. The molecule has 1 unspecified atom stereocenters. The lowest BCUT2D eigenvalue weighted by Crippen LogP contribution is -2.30. The second-order valence-electron chi connectivity index (χ2n) is 22.3. The van der Waals surface area contributed by atoms with Crippen molar-refractivity contribution in [1.82, 2.24) is 0 Å². The monoisotopic (exact) mass is 1130 g/mol. The Morgan fingerprint density at radius 3 is 0.780 bits per heavy atom. The van der Waals surface area contributed by atoms with Crippen molar-refractivity contribution in [3.05, 3.63) is 134 Å². The van der Waals surface area contributed by atoms with E-state index < -0.39 is 6.10 Å². The summed E-state index contributed by atoms with van der Waals surface area (Å²) in [7, 11) is 0. The van der Waals surface area contributed by atoms with E-state index in [9.17, 15) is 14.4 Å². The number of hydrogen-bond donors (Lipinski definition) is 0. The minimum absolute atomic E-state index is 0.0917. The van der Waals surface area contributed by atoms with E-state index in [1.54, 1.807) is 0 Å². The number of carbonyl (C=O) groups is 3. The molecule has 0 radical (unpaired) electrons. The van der Waals surface area contributed by atoms with Gasteiger partial charge in [0.15, 0.2) is 6.10 Å². The molecule has 466 valence electrons. The third kappa shape index (κ3) is 66.4. The Morgan fingerprint density at radius 1 is 0.256 bits per heavy atom. The van der Waals surface area contributed by atoms with Gasteiger partial charge in [-0.15, -0.1) is 0 Å². The average Bonchev–Trinajstić information content (AvgIpc) is 3.47. The van der Waals surface area contributed by atoms with Crippen molar-refractivity contribution >= 4 is 17.9 Å². The van der Waals surface area contributed by atoms with Crippen LogP contribution in [0.25, 0.3) is 0 Å². The first-order valence-electron chi connectivity index (χ1n) is 34.2. The summed E-state index contributed by atoms with van der Waals surface area (Å²) in [6.45, 7) is 6.48. The quantitative estimate of drug-likeness (QED) is 0.0261. The van der Waals surface area contributed by atoms with E-state index in [0.29, 0.717) is 19.3 Å². The first kappa shape index (κ1) is 77.5. The van der Waals surface area contributed by atoms with Crippen LogP contribution in [-0.4, -0.2) is 37.2 Å². The van der Waals surface area contributed by atoms with Crippen molar-refractivity contribution in [2.75, 3.05) is 13.2 Å². The minimum atomic E-state index is -0.796. The van der Waals surface area contributed by atoms with Crippen LogP contribution in [0, 0.1) is 0 Å². The van der Waals surface area contributed by atoms with Crippen molar-refractivity contribution in [2.45, 2.75) is 316 Å². The van der Waals surface area contributed by atoms with Gasteiger partial charge in [-0.05, 0) is 141 Å². The zero-order valence-electron chi connectivity index (χ0n) is 53.5. The molecule has 0 aromatic heterocycles. The predicted octanol–water partition coefficient (Wildman–Crippen LogP) is 23.7. The molecule has 0 aromatic carbocycles. The van der Waals surface area contributed by atoms with Gasteiger partial charge >= 0.3 is 17.9 Å². The van der Waals surface area contributed by atoms with Gasteiger partial charge in [-0.3, -0.25) is 14.4 Å². The highest BCUT2D eigenvalue weighted by Gasteiger charge is 2.19. The van der Waals surface area contributed by atoms with Gasteiger partial charge in [-0.2, -0.15) is 0 Å². The number of ether oxygens (including phenoxy) is 3. The summed E-state index contributed by atoms with van der Waals surface area (Å²) in [5.74, 6) is -0.914. The minimum Gasteiger partial charge on any atom is -0.462 e. The van der Waals surface area contributed by atoms with E-state index in [1.165, 1.54) is 128 Å². The molecule has 6 nitrogen and oxygen atoms in total. The van der Waals surface area contributed by atoms with Crippen molar-refractivity contribution in [3.8, 4) is 0 Å². The Hall–Kier alpha value is -4.45. The predicted molar refractivity (Wildman–Crippen MR) is 357 cm³/mol. The van der Waals surface area contributed by atoms with E-state index in [-0.39, 0.29) is 31.1 Å². The Morgan fingerprint density at radius 2 is 0.476 bits per heavy atom. The molecule has 82 heavy (non-hydrogen) atoms. The van der Waals surface area contributed by atoms with Crippen LogP contribution in [0.4, 0.5) is 0 Å². The largest absolute Gasteiger partial charge is 0.462 e.